The van der Waals surface area contributed by atoms with E-state index in [4.69, 9.17) is 9.47 Å². The Morgan fingerprint density at radius 2 is 1.83 bits per heavy atom. The number of ether oxygens (including phenoxy) is 2. The molecule has 134 valence electrons. The summed E-state index contributed by atoms with van der Waals surface area (Å²) in [6.07, 6.45) is 1.01. The number of nitrogens with one attached hydrogen (secondary N) is 1. The number of ketones is 1. The Labute approximate surface area is 144 Å². The lowest BCUT2D eigenvalue weighted by molar-refractivity contribution is -0.121. The zero-order chi connectivity index (χ0) is 18.0. The second-order valence-electron chi connectivity index (χ2n) is 6.72. The summed E-state index contributed by atoms with van der Waals surface area (Å²) in [5, 5.41) is 2.64. The maximum atomic E-state index is 12.2. The average molecular weight is 335 g/mol. The molecule has 5 nitrogen and oxygen atoms in total. The predicted molar refractivity (Wildman–Crippen MR) is 93.8 cm³/mol. The summed E-state index contributed by atoms with van der Waals surface area (Å²) in [5.74, 6) is 0.00618. The fourth-order valence-corrected chi connectivity index (χ4v) is 2.15. The van der Waals surface area contributed by atoms with Crippen molar-refractivity contribution in [2.24, 2.45) is 0 Å². The van der Waals surface area contributed by atoms with E-state index in [0.29, 0.717) is 32.5 Å². The van der Waals surface area contributed by atoms with Crippen LogP contribution in [0.1, 0.15) is 52.5 Å². The molecule has 1 aromatic rings. The fourth-order valence-electron chi connectivity index (χ4n) is 2.15. The van der Waals surface area contributed by atoms with Crippen LogP contribution in [-0.2, 0) is 20.9 Å². The minimum absolute atomic E-state index is 0.00618. The second-order valence-corrected chi connectivity index (χ2v) is 6.72. The van der Waals surface area contributed by atoms with Crippen molar-refractivity contribution in [3.63, 3.8) is 0 Å². The van der Waals surface area contributed by atoms with Crippen LogP contribution in [0, 0.1) is 0 Å². The zero-order valence-corrected chi connectivity index (χ0v) is 15.1. The van der Waals surface area contributed by atoms with E-state index >= 15 is 0 Å². The van der Waals surface area contributed by atoms with E-state index < -0.39 is 17.7 Å². The molecule has 1 atom stereocenters. The first-order valence-electron chi connectivity index (χ1n) is 8.45. The summed E-state index contributed by atoms with van der Waals surface area (Å²) in [6, 6.07) is 9.40. The van der Waals surface area contributed by atoms with Gasteiger partial charge in [-0.3, -0.25) is 4.79 Å². The van der Waals surface area contributed by atoms with Crippen molar-refractivity contribution in [3.05, 3.63) is 35.9 Å². The largest absolute Gasteiger partial charge is 0.444 e. The Morgan fingerprint density at radius 1 is 1.17 bits per heavy atom. The molecule has 0 heterocycles. The molecule has 0 unspecified atom stereocenters. The highest BCUT2D eigenvalue weighted by Gasteiger charge is 2.22. The first kappa shape index (κ1) is 20.2. The first-order chi connectivity index (χ1) is 11.3. The molecule has 0 saturated heterocycles. The van der Waals surface area contributed by atoms with Gasteiger partial charge >= 0.3 is 6.09 Å². The Morgan fingerprint density at radius 3 is 2.42 bits per heavy atom. The topological polar surface area (TPSA) is 64.6 Å². The Balaban J connectivity index is 2.25. The van der Waals surface area contributed by atoms with Crippen LogP contribution in [0.25, 0.3) is 0 Å². The molecule has 1 amide bonds. The third kappa shape index (κ3) is 8.67. The average Bonchev–Trinajstić information content (AvgIpc) is 2.51. The number of rotatable bonds is 9. The van der Waals surface area contributed by atoms with E-state index in [9.17, 15) is 9.59 Å². The Kier molecular flexibility index (Phi) is 8.47. The molecule has 0 bridgehead atoms. The van der Waals surface area contributed by atoms with Crippen molar-refractivity contribution in [1.29, 1.82) is 0 Å². The molecule has 1 rings (SSSR count). The molecule has 0 aromatic heterocycles. The van der Waals surface area contributed by atoms with Crippen molar-refractivity contribution in [2.75, 3.05) is 6.61 Å². The van der Waals surface area contributed by atoms with Gasteiger partial charge in [0.25, 0.3) is 0 Å². The highest BCUT2D eigenvalue weighted by molar-refractivity contribution is 5.87. The van der Waals surface area contributed by atoms with Crippen LogP contribution in [0.5, 0.6) is 0 Å². The minimum atomic E-state index is -0.573. The van der Waals surface area contributed by atoms with E-state index in [1.54, 1.807) is 20.8 Å². The molecule has 0 aliphatic heterocycles. The predicted octanol–water partition coefficient (Wildman–Crippen LogP) is 3.86. The maximum Gasteiger partial charge on any atom is 0.408 e. The van der Waals surface area contributed by atoms with Gasteiger partial charge in [-0.2, -0.15) is 0 Å². The summed E-state index contributed by atoms with van der Waals surface area (Å²) in [4.78, 5) is 23.9. The van der Waals surface area contributed by atoms with E-state index in [0.717, 1.165) is 5.56 Å². The third-order valence-electron chi connectivity index (χ3n) is 3.31. The first-order valence-corrected chi connectivity index (χ1v) is 8.45. The highest BCUT2D eigenvalue weighted by atomic mass is 16.6. The number of hydrogen-bond acceptors (Lipinski definition) is 4. The number of carbonyl (C=O) groups is 2. The standard InChI is InChI=1S/C19H29NO4/c1-5-16(20-18(22)24-19(2,3)4)17(21)12-9-13-23-14-15-10-7-6-8-11-15/h6-8,10-11,16H,5,9,12-14H2,1-4H3,(H,20,22)/t16-/m1/s1. The molecule has 0 spiro atoms. The molecule has 1 N–H and O–H groups in total. The molecule has 0 aliphatic rings. The number of benzene rings is 1. The van der Waals surface area contributed by atoms with Gasteiger partial charge in [-0.05, 0) is 39.2 Å². The quantitative estimate of drug-likeness (QED) is 0.696. The SMILES string of the molecule is CC[C@@H](NC(=O)OC(C)(C)C)C(=O)CCCOCc1ccccc1. The number of amides is 1. The van der Waals surface area contributed by atoms with Gasteiger partial charge in [-0.25, -0.2) is 4.79 Å². The van der Waals surface area contributed by atoms with Gasteiger partial charge in [0.15, 0.2) is 5.78 Å². The van der Waals surface area contributed by atoms with E-state index in [1.165, 1.54) is 0 Å². The lowest BCUT2D eigenvalue weighted by Gasteiger charge is -2.22. The number of Topliss-reactive ketones (excluding diaryl/α,β-unsaturated/α-hetero) is 1. The highest BCUT2D eigenvalue weighted by Crippen LogP contribution is 2.08. The van der Waals surface area contributed by atoms with E-state index in [-0.39, 0.29) is 5.78 Å². The third-order valence-corrected chi connectivity index (χ3v) is 3.31. The van der Waals surface area contributed by atoms with Crippen molar-refractivity contribution in [1.82, 2.24) is 5.32 Å². The number of alkyl carbamates (subject to hydrolysis) is 1. The van der Waals surface area contributed by atoms with Crippen LogP contribution < -0.4 is 5.32 Å². The smallest absolute Gasteiger partial charge is 0.408 e. The van der Waals surface area contributed by atoms with Gasteiger partial charge in [0, 0.05) is 13.0 Å². The Hall–Kier alpha value is -1.88. The Bertz CT molecular complexity index is 508. The van der Waals surface area contributed by atoms with Gasteiger partial charge in [0.2, 0.25) is 0 Å². The maximum absolute atomic E-state index is 12.2. The zero-order valence-electron chi connectivity index (χ0n) is 15.1. The minimum Gasteiger partial charge on any atom is -0.444 e. The number of carbonyl (C=O) groups excluding carboxylic acids is 2. The molecular weight excluding hydrogens is 306 g/mol. The van der Waals surface area contributed by atoms with Gasteiger partial charge in [-0.1, -0.05) is 37.3 Å². The van der Waals surface area contributed by atoms with Gasteiger partial charge < -0.3 is 14.8 Å². The molecule has 5 heteroatoms. The second kappa shape index (κ2) is 10.1. The van der Waals surface area contributed by atoms with Crippen LogP contribution in [0.15, 0.2) is 30.3 Å². The van der Waals surface area contributed by atoms with Crippen molar-refractivity contribution >= 4 is 11.9 Å². The summed E-state index contributed by atoms with van der Waals surface area (Å²) in [5.41, 5.74) is 0.540. The summed E-state index contributed by atoms with van der Waals surface area (Å²) < 4.78 is 10.8. The molecule has 0 radical (unpaired) electrons. The summed E-state index contributed by atoms with van der Waals surface area (Å²) in [7, 11) is 0. The molecule has 0 saturated carbocycles. The van der Waals surface area contributed by atoms with Gasteiger partial charge in [-0.15, -0.1) is 0 Å². The monoisotopic (exact) mass is 335 g/mol. The van der Waals surface area contributed by atoms with Gasteiger partial charge in [0.1, 0.15) is 5.60 Å². The van der Waals surface area contributed by atoms with E-state index in [1.807, 2.05) is 37.3 Å². The van der Waals surface area contributed by atoms with E-state index in [2.05, 4.69) is 5.32 Å². The van der Waals surface area contributed by atoms with Crippen molar-refractivity contribution < 1.29 is 19.1 Å². The molecule has 0 aliphatic carbocycles. The normalized spacial score (nSPS) is 12.5. The molecule has 1 aromatic carbocycles. The lowest BCUT2D eigenvalue weighted by atomic mass is 10.1. The van der Waals surface area contributed by atoms with Crippen molar-refractivity contribution in [3.8, 4) is 0 Å². The van der Waals surface area contributed by atoms with Crippen LogP contribution >= 0.6 is 0 Å². The lowest BCUT2D eigenvalue weighted by Crippen LogP contribution is -2.43. The van der Waals surface area contributed by atoms with Crippen LogP contribution in [0.4, 0.5) is 4.79 Å². The molecule has 24 heavy (non-hydrogen) atoms. The van der Waals surface area contributed by atoms with Crippen LogP contribution in [-0.4, -0.2) is 30.1 Å². The van der Waals surface area contributed by atoms with Gasteiger partial charge in [0.05, 0.1) is 12.6 Å². The molecular formula is C19H29NO4. The van der Waals surface area contributed by atoms with Crippen molar-refractivity contribution in [2.45, 2.75) is 65.2 Å². The van der Waals surface area contributed by atoms with Crippen LogP contribution in [0.3, 0.4) is 0 Å². The van der Waals surface area contributed by atoms with Crippen LogP contribution in [0.2, 0.25) is 0 Å². The summed E-state index contributed by atoms with van der Waals surface area (Å²) in [6.45, 7) is 8.30. The number of hydrogen-bond donors (Lipinski definition) is 1. The summed E-state index contributed by atoms with van der Waals surface area (Å²) >= 11 is 0. The molecule has 0 fully saturated rings. The fraction of sp³-hybridized carbons (Fsp3) is 0.579.